The van der Waals surface area contributed by atoms with Crippen molar-refractivity contribution in [3.63, 3.8) is 0 Å². The quantitative estimate of drug-likeness (QED) is 0.705. The molecule has 1 saturated carbocycles. The number of nitrogens with zero attached hydrogens (tertiary/aromatic N) is 1. The largest absolute Gasteiger partial charge is 0.347 e. The van der Waals surface area contributed by atoms with E-state index in [-0.39, 0.29) is 24.3 Å². The van der Waals surface area contributed by atoms with Crippen molar-refractivity contribution in [1.29, 1.82) is 0 Å². The molecular weight excluding hydrogens is 402 g/mol. The van der Waals surface area contributed by atoms with E-state index < -0.39 is 5.54 Å². The van der Waals surface area contributed by atoms with Crippen LogP contribution in [0.15, 0.2) is 42.5 Å². The first kappa shape index (κ1) is 23.5. The van der Waals surface area contributed by atoms with Crippen molar-refractivity contribution in [1.82, 2.24) is 5.32 Å². The molecule has 0 aromatic heterocycles. The van der Waals surface area contributed by atoms with Crippen LogP contribution in [0.5, 0.6) is 0 Å². The van der Waals surface area contributed by atoms with Gasteiger partial charge in [-0.15, -0.1) is 0 Å². The predicted octanol–water partition coefficient (Wildman–Crippen LogP) is 4.42. The average Bonchev–Trinajstić information content (AvgIpc) is 2.77. The summed E-state index contributed by atoms with van der Waals surface area (Å²) < 4.78 is 0. The van der Waals surface area contributed by atoms with E-state index in [1.807, 2.05) is 63.2 Å². The molecule has 2 aromatic carbocycles. The Morgan fingerprint density at radius 2 is 1.47 bits per heavy atom. The van der Waals surface area contributed by atoms with Crippen LogP contribution >= 0.6 is 0 Å². The van der Waals surface area contributed by atoms with Gasteiger partial charge in [0, 0.05) is 18.3 Å². The van der Waals surface area contributed by atoms with Gasteiger partial charge in [0.25, 0.3) is 5.91 Å². The molecule has 2 N–H and O–H groups in total. The van der Waals surface area contributed by atoms with E-state index >= 15 is 0 Å². The van der Waals surface area contributed by atoms with E-state index in [4.69, 9.17) is 0 Å². The summed E-state index contributed by atoms with van der Waals surface area (Å²) in [5.74, 6) is -0.733. The van der Waals surface area contributed by atoms with Crippen LogP contribution in [0.4, 0.5) is 11.4 Å². The fraction of sp³-hybridized carbons (Fsp3) is 0.423. The van der Waals surface area contributed by atoms with Crippen LogP contribution in [-0.4, -0.2) is 29.8 Å². The summed E-state index contributed by atoms with van der Waals surface area (Å²) in [6.07, 6.45) is 3.89. The number of amides is 3. The highest BCUT2D eigenvalue weighted by atomic mass is 16.2. The second kappa shape index (κ2) is 9.98. The smallest absolute Gasteiger partial charge is 0.250 e. The Labute approximate surface area is 190 Å². The van der Waals surface area contributed by atoms with Gasteiger partial charge in [-0.3, -0.25) is 19.3 Å². The SMILES string of the molecule is CC(=O)NCC(=O)N(c1ccccc1C)C1(C(=O)Nc2c(C)cccc2C)CCCCC1. The monoisotopic (exact) mass is 435 g/mol. The Kier molecular flexibility index (Phi) is 7.33. The Morgan fingerprint density at radius 3 is 2.06 bits per heavy atom. The summed E-state index contributed by atoms with van der Waals surface area (Å²) in [4.78, 5) is 40.7. The minimum Gasteiger partial charge on any atom is -0.347 e. The molecule has 0 saturated heterocycles. The molecule has 0 heterocycles. The van der Waals surface area contributed by atoms with E-state index in [0.29, 0.717) is 18.5 Å². The molecule has 2 aromatic rings. The third-order valence-electron chi connectivity index (χ3n) is 6.35. The summed E-state index contributed by atoms with van der Waals surface area (Å²) in [6.45, 7) is 7.11. The molecule has 6 heteroatoms. The Morgan fingerprint density at radius 1 is 0.875 bits per heavy atom. The molecule has 1 fully saturated rings. The summed E-state index contributed by atoms with van der Waals surface area (Å²) in [5, 5.41) is 5.77. The first-order chi connectivity index (χ1) is 15.3. The molecule has 0 spiro atoms. The first-order valence-corrected chi connectivity index (χ1v) is 11.3. The number of aryl methyl sites for hydroxylation is 3. The molecule has 32 heavy (non-hydrogen) atoms. The number of nitrogens with one attached hydrogen (secondary N) is 2. The zero-order valence-electron chi connectivity index (χ0n) is 19.5. The van der Waals surface area contributed by atoms with E-state index in [9.17, 15) is 14.4 Å². The Bertz CT molecular complexity index is 989. The van der Waals surface area contributed by atoms with Gasteiger partial charge < -0.3 is 10.6 Å². The summed E-state index contributed by atoms with van der Waals surface area (Å²) in [7, 11) is 0. The highest BCUT2D eigenvalue weighted by molar-refractivity contribution is 6.09. The molecule has 0 radical (unpaired) electrons. The number of para-hydroxylation sites is 2. The first-order valence-electron chi connectivity index (χ1n) is 11.3. The second-order valence-corrected chi connectivity index (χ2v) is 8.74. The van der Waals surface area contributed by atoms with E-state index in [1.54, 1.807) is 4.90 Å². The predicted molar refractivity (Wildman–Crippen MR) is 128 cm³/mol. The van der Waals surface area contributed by atoms with Gasteiger partial charge in [-0.2, -0.15) is 0 Å². The van der Waals surface area contributed by atoms with Gasteiger partial charge in [-0.25, -0.2) is 0 Å². The molecule has 0 unspecified atom stereocenters. The normalized spacial score (nSPS) is 15.0. The molecule has 0 atom stereocenters. The average molecular weight is 436 g/mol. The highest BCUT2D eigenvalue weighted by Gasteiger charge is 2.48. The molecule has 3 amide bonds. The van der Waals surface area contributed by atoms with Gasteiger partial charge in [0.2, 0.25) is 11.8 Å². The van der Waals surface area contributed by atoms with Crippen molar-refractivity contribution < 1.29 is 14.4 Å². The van der Waals surface area contributed by atoms with Crippen LogP contribution in [-0.2, 0) is 14.4 Å². The van der Waals surface area contributed by atoms with Gasteiger partial charge in [0.05, 0.1) is 6.54 Å². The zero-order valence-corrected chi connectivity index (χ0v) is 19.5. The molecule has 6 nitrogen and oxygen atoms in total. The van der Waals surface area contributed by atoms with Crippen molar-refractivity contribution in [2.45, 2.75) is 65.3 Å². The standard InChI is InChI=1S/C26H33N3O3/c1-18-11-6-7-14-22(18)29(23(31)17-27-21(4)30)26(15-8-5-9-16-26)25(32)28-24-19(2)12-10-13-20(24)3/h6-7,10-14H,5,8-9,15-17H2,1-4H3,(H,27,30)(H,28,32). The number of anilines is 2. The van der Waals surface area contributed by atoms with Crippen molar-refractivity contribution in [2.24, 2.45) is 0 Å². The number of carbonyl (C=O) groups is 3. The maximum Gasteiger partial charge on any atom is 0.250 e. The fourth-order valence-corrected chi connectivity index (χ4v) is 4.63. The van der Waals surface area contributed by atoms with Crippen molar-refractivity contribution in [3.8, 4) is 0 Å². The number of hydrogen-bond donors (Lipinski definition) is 2. The van der Waals surface area contributed by atoms with Crippen molar-refractivity contribution >= 4 is 29.1 Å². The Hall–Kier alpha value is -3.15. The van der Waals surface area contributed by atoms with Gasteiger partial charge in [-0.1, -0.05) is 55.7 Å². The minimum atomic E-state index is -1.02. The molecule has 3 rings (SSSR count). The zero-order chi connectivity index (χ0) is 23.3. The molecule has 170 valence electrons. The Balaban J connectivity index is 2.09. The number of hydrogen-bond acceptors (Lipinski definition) is 3. The van der Waals surface area contributed by atoms with Crippen LogP contribution in [0, 0.1) is 20.8 Å². The molecule has 0 bridgehead atoms. The van der Waals surface area contributed by atoms with E-state index in [2.05, 4.69) is 10.6 Å². The molecule has 0 aliphatic heterocycles. The summed E-state index contributed by atoms with van der Waals surface area (Å²) >= 11 is 0. The van der Waals surface area contributed by atoms with Crippen LogP contribution in [0.25, 0.3) is 0 Å². The number of carbonyl (C=O) groups excluding carboxylic acids is 3. The maximum absolute atomic E-state index is 14.0. The lowest BCUT2D eigenvalue weighted by Crippen LogP contribution is -2.62. The molecule has 1 aliphatic carbocycles. The van der Waals surface area contributed by atoms with Crippen LogP contribution in [0.2, 0.25) is 0 Å². The molecule has 1 aliphatic rings. The summed E-state index contributed by atoms with van der Waals surface area (Å²) in [5.41, 5.74) is 3.36. The lowest BCUT2D eigenvalue weighted by molar-refractivity contribution is -0.128. The van der Waals surface area contributed by atoms with Crippen molar-refractivity contribution in [3.05, 3.63) is 59.2 Å². The fourth-order valence-electron chi connectivity index (χ4n) is 4.63. The lowest BCUT2D eigenvalue weighted by Gasteiger charge is -2.45. The van der Waals surface area contributed by atoms with Crippen LogP contribution < -0.4 is 15.5 Å². The molecular formula is C26H33N3O3. The van der Waals surface area contributed by atoms with E-state index in [1.165, 1.54) is 6.92 Å². The van der Waals surface area contributed by atoms with Gasteiger partial charge >= 0.3 is 0 Å². The van der Waals surface area contributed by atoms with E-state index in [0.717, 1.165) is 41.6 Å². The van der Waals surface area contributed by atoms with Crippen LogP contribution in [0.3, 0.4) is 0 Å². The minimum absolute atomic E-state index is 0.151. The maximum atomic E-state index is 14.0. The highest BCUT2D eigenvalue weighted by Crippen LogP contribution is 2.39. The number of benzene rings is 2. The van der Waals surface area contributed by atoms with Crippen molar-refractivity contribution in [2.75, 3.05) is 16.8 Å². The summed E-state index contributed by atoms with van der Waals surface area (Å²) in [6, 6.07) is 13.5. The van der Waals surface area contributed by atoms with Gasteiger partial charge in [0.1, 0.15) is 5.54 Å². The third kappa shape index (κ3) is 4.85. The van der Waals surface area contributed by atoms with Crippen LogP contribution in [0.1, 0.15) is 55.7 Å². The lowest BCUT2D eigenvalue weighted by atomic mass is 9.78. The number of rotatable bonds is 6. The topological polar surface area (TPSA) is 78.5 Å². The third-order valence-corrected chi connectivity index (χ3v) is 6.35. The van der Waals surface area contributed by atoms with Gasteiger partial charge in [-0.05, 0) is 56.4 Å². The second-order valence-electron chi connectivity index (χ2n) is 8.74. The van der Waals surface area contributed by atoms with Gasteiger partial charge in [0.15, 0.2) is 0 Å².